The molecular formula is C27H36N2O3S. The summed E-state index contributed by atoms with van der Waals surface area (Å²) in [6.07, 6.45) is 4.15. The highest BCUT2D eigenvalue weighted by atomic mass is 32.2. The van der Waals surface area contributed by atoms with Gasteiger partial charge in [-0.2, -0.15) is 0 Å². The van der Waals surface area contributed by atoms with E-state index in [-0.39, 0.29) is 11.2 Å². The number of β-amino-alcohol motifs (C(OH)–C–C–N with tert-alkyl or cyclic N) is 1. The molecule has 0 aromatic heterocycles. The maximum Gasteiger partial charge on any atom is 0.209 e. The van der Waals surface area contributed by atoms with Crippen molar-refractivity contribution < 1.29 is 13.5 Å². The lowest BCUT2D eigenvalue weighted by molar-refractivity contribution is -0.0711. The lowest BCUT2D eigenvalue weighted by atomic mass is 9.67. The molecule has 2 atom stereocenters. The van der Waals surface area contributed by atoms with Crippen LogP contribution in [0.1, 0.15) is 55.2 Å². The summed E-state index contributed by atoms with van der Waals surface area (Å²) in [7, 11) is -3.40. The van der Waals surface area contributed by atoms with Crippen molar-refractivity contribution >= 4 is 10.0 Å². The maximum absolute atomic E-state index is 11.2. The van der Waals surface area contributed by atoms with Crippen molar-refractivity contribution in [2.75, 3.05) is 25.4 Å². The van der Waals surface area contributed by atoms with Crippen LogP contribution >= 0.6 is 0 Å². The second-order valence-electron chi connectivity index (χ2n) is 10.7. The first-order valence-corrected chi connectivity index (χ1v) is 14.0. The van der Waals surface area contributed by atoms with Gasteiger partial charge in [0.15, 0.2) is 0 Å². The van der Waals surface area contributed by atoms with Crippen molar-refractivity contribution in [3.8, 4) is 0 Å². The summed E-state index contributed by atoms with van der Waals surface area (Å²) in [5.74, 6) is 1.82. The number of primary sulfonamides is 1. The smallest absolute Gasteiger partial charge is 0.209 e. The quantitative estimate of drug-likeness (QED) is 0.591. The first-order chi connectivity index (χ1) is 15.7. The van der Waals surface area contributed by atoms with Gasteiger partial charge in [0.25, 0.3) is 0 Å². The molecule has 2 aliphatic carbocycles. The largest absolute Gasteiger partial charge is 0.389 e. The number of benzene rings is 2. The van der Waals surface area contributed by atoms with Crippen LogP contribution in [-0.2, 0) is 21.9 Å². The molecule has 0 radical (unpaired) electrons. The fourth-order valence-electron chi connectivity index (χ4n) is 6.96. The van der Waals surface area contributed by atoms with E-state index in [0.717, 1.165) is 45.3 Å². The van der Waals surface area contributed by atoms with Crippen LogP contribution in [0.3, 0.4) is 0 Å². The normalized spacial score (nSPS) is 33.5. The molecule has 1 saturated heterocycles. The van der Waals surface area contributed by atoms with Gasteiger partial charge in [-0.25, -0.2) is 13.6 Å². The molecule has 0 spiro atoms. The zero-order chi connectivity index (χ0) is 23.3. The van der Waals surface area contributed by atoms with E-state index in [9.17, 15) is 13.5 Å². The topological polar surface area (TPSA) is 83.6 Å². The number of nitrogens with zero attached hydrogens (tertiary/aromatic N) is 1. The zero-order valence-electron chi connectivity index (χ0n) is 19.5. The van der Waals surface area contributed by atoms with Crippen LogP contribution in [0, 0.1) is 11.8 Å². The van der Waals surface area contributed by atoms with E-state index in [4.69, 9.17) is 5.14 Å². The number of aliphatic hydroxyl groups is 1. The van der Waals surface area contributed by atoms with Crippen molar-refractivity contribution in [3.05, 3.63) is 71.3 Å². The number of likely N-dealkylation sites (tertiary alicyclic amines) is 1. The summed E-state index contributed by atoms with van der Waals surface area (Å²) in [5.41, 5.74) is 3.64. The molecule has 178 valence electrons. The first-order valence-electron chi connectivity index (χ1n) is 12.3. The van der Waals surface area contributed by atoms with E-state index < -0.39 is 15.6 Å². The molecule has 1 heterocycles. The third-order valence-electron chi connectivity index (χ3n) is 8.60. The predicted molar refractivity (Wildman–Crippen MR) is 131 cm³/mol. The number of piperidine rings is 1. The predicted octanol–water partition coefficient (Wildman–Crippen LogP) is 3.43. The molecule has 33 heavy (non-hydrogen) atoms. The minimum absolute atomic E-state index is 0.0321. The lowest BCUT2D eigenvalue weighted by Crippen LogP contribution is -2.51. The Hall–Kier alpha value is -1.73. The second kappa shape index (κ2) is 8.49. The Morgan fingerprint density at radius 2 is 1.76 bits per heavy atom. The van der Waals surface area contributed by atoms with Crippen LogP contribution < -0.4 is 5.14 Å². The van der Waals surface area contributed by atoms with Gasteiger partial charge >= 0.3 is 0 Å². The number of nitrogens with two attached hydrogens (primary N) is 1. The number of rotatable bonds is 9. The number of aryl methyl sites for hydroxylation is 1. The van der Waals surface area contributed by atoms with E-state index >= 15 is 0 Å². The average Bonchev–Trinajstić information content (AvgIpc) is 3.15. The molecule has 2 unspecified atom stereocenters. The molecule has 2 saturated carbocycles. The Balaban J connectivity index is 1.17. The van der Waals surface area contributed by atoms with Crippen LogP contribution in [0.25, 0.3) is 0 Å². The molecular weight excluding hydrogens is 432 g/mol. The van der Waals surface area contributed by atoms with Gasteiger partial charge in [-0.3, -0.25) is 4.90 Å². The fraction of sp³-hybridized carbons (Fsp3) is 0.556. The van der Waals surface area contributed by atoms with Gasteiger partial charge in [-0.1, -0.05) is 61.5 Å². The van der Waals surface area contributed by atoms with Gasteiger partial charge in [0.05, 0.1) is 11.4 Å². The summed E-state index contributed by atoms with van der Waals surface area (Å²) >= 11 is 0. The summed E-state index contributed by atoms with van der Waals surface area (Å²) in [5, 5.41) is 16.2. The number of hydrogen-bond acceptors (Lipinski definition) is 4. The molecule has 1 aliphatic heterocycles. The second-order valence-corrected chi connectivity index (χ2v) is 12.4. The minimum atomic E-state index is -3.40. The molecule has 2 aromatic carbocycles. The molecule has 3 aliphatic rings. The Bertz CT molecular complexity index is 1080. The van der Waals surface area contributed by atoms with Gasteiger partial charge in [0.2, 0.25) is 10.0 Å². The minimum Gasteiger partial charge on any atom is -0.389 e. The molecule has 6 heteroatoms. The highest BCUT2D eigenvalue weighted by molar-refractivity contribution is 7.89. The maximum atomic E-state index is 11.2. The SMILES string of the molecule is CCC1(c2cccc(CCCS(N)(=O)=O)c2)C2CN(C[C@]3(O)C[C@H](c4ccccc4)C3)CC21. The number of sulfonamides is 1. The van der Waals surface area contributed by atoms with Crippen molar-refractivity contribution in [2.45, 2.75) is 56.0 Å². The van der Waals surface area contributed by atoms with Crippen molar-refractivity contribution in [2.24, 2.45) is 17.0 Å². The lowest BCUT2D eigenvalue weighted by Gasteiger charge is -2.46. The third-order valence-corrected chi connectivity index (χ3v) is 9.45. The molecule has 0 amide bonds. The van der Waals surface area contributed by atoms with E-state index in [1.165, 1.54) is 16.7 Å². The third kappa shape index (κ3) is 4.51. The van der Waals surface area contributed by atoms with E-state index in [0.29, 0.717) is 24.2 Å². The summed E-state index contributed by atoms with van der Waals surface area (Å²) in [6.45, 7) is 5.20. The van der Waals surface area contributed by atoms with Crippen molar-refractivity contribution in [1.29, 1.82) is 0 Å². The van der Waals surface area contributed by atoms with Gasteiger partial charge in [-0.05, 0) is 66.5 Å². The molecule has 0 bridgehead atoms. The summed E-state index contributed by atoms with van der Waals surface area (Å²) < 4.78 is 22.5. The Kier molecular flexibility index (Phi) is 5.93. The Labute approximate surface area is 198 Å². The van der Waals surface area contributed by atoms with Crippen LogP contribution in [0.15, 0.2) is 54.6 Å². The fourth-order valence-corrected chi connectivity index (χ4v) is 7.51. The van der Waals surface area contributed by atoms with E-state index in [1.54, 1.807) is 0 Å². The Morgan fingerprint density at radius 3 is 2.39 bits per heavy atom. The van der Waals surface area contributed by atoms with E-state index in [1.807, 2.05) is 6.07 Å². The average molecular weight is 469 g/mol. The number of hydrogen-bond donors (Lipinski definition) is 2. The standard InChI is InChI=1S/C27H36N2O3S/c1-2-27(23-12-6-8-20(14-23)9-7-13-33(28,31)32)24-17-29(18-25(24)27)19-26(30)15-22(16-26)21-10-4-3-5-11-21/h3-6,8,10-12,14,22,24-25,30H,2,7,9,13,15-19H2,1H3,(H2,28,31,32)/t22-,24?,25?,26-,27?. The Morgan fingerprint density at radius 1 is 1.06 bits per heavy atom. The van der Waals surface area contributed by atoms with E-state index in [2.05, 4.69) is 60.4 Å². The monoisotopic (exact) mass is 468 g/mol. The molecule has 5 rings (SSSR count). The molecule has 2 aromatic rings. The van der Waals surface area contributed by atoms with Gasteiger partial charge in [0.1, 0.15) is 0 Å². The highest BCUT2D eigenvalue weighted by Gasteiger charge is 2.67. The van der Waals surface area contributed by atoms with Crippen LogP contribution in [-0.4, -0.2) is 49.4 Å². The van der Waals surface area contributed by atoms with Gasteiger partial charge in [0, 0.05) is 25.0 Å². The summed E-state index contributed by atoms with van der Waals surface area (Å²) in [6, 6.07) is 19.3. The molecule has 5 nitrogen and oxygen atoms in total. The van der Waals surface area contributed by atoms with Crippen molar-refractivity contribution in [1.82, 2.24) is 4.90 Å². The van der Waals surface area contributed by atoms with Crippen molar-refractivity contribution in [3.63, 3.8) is 0 Å². The van der Waals surface area contributed by atoms with Crippen LogP contribution in [0.4, 0.5) is 0 Å². The molecule has 3 fully saturated rings. The van der Waals surface area contributed by atoms with Crippen LogP contribution in [0.5, 0.6) is 0 Å². The molecule has 3 N–H and O–H groups in total. The first kappa shape index (κ1) is 23.0. The van der Waals surface area contributed by atoms with Crippen LogP contribution in [0.2, 0.25) is 0 Å². The van der Waals surface area contributed by atoms with Gasteiger partial charge < -0.3 is 5.11 Å². The zero-order valence-corrected chi connectivity index (χ0v) is 20.3. The van der Waals surface area contributed by atoms with Gasteiger partial charge in [-0.15, -0.1) is 0 Å². The number of fused-ring (bicyclic) bond motifs is 1. The highest BCUT2D eigenvalue weighted by Crippen LogP contribution is 2.65. The summed E-state index contributed by atoms with van der Waals surface area (Å²) in [4.78, 5) is 2.49.